The van der Waals surface area contributed by atoms with E-state index >= 15 is 0 Å². The van der Waals surface area contributed by atoms with E-state index < -0.39 is 5.97 Å². The molecule has 0 aliphatic rings. The van der Waals surface area contributed by atoms with Crippen LogP contribution in [0.1, 0.15) is 23.0 Å². The quantitative estimate of drug-likeness (QED) is 0.878. The number of carboxylic acids is 1. The van der Waals surface area contributed by atoms with Crippen LogP contribution in [0.25, 0.3) is 11.3 Å². The van der Waals surface area contributed by atoms with E-state index in [1.54, 1.807) is 6.07 Å². The van der Waals surface area contributed by atoms with Gasteiger partial charge < -0.3 is 9.67 Å². The number of hydrogen-bond donors (Lipinski definition) is 1. The maximum Gasteiger partial charge on any atom is 0.352 e. The summed E-state index contributed by atoms with van der Waals surface area (Å²) >= 11 is 0. The largest absolute Gasteiger partial charge is 0.477 e. The van der Waals surface area contributed by atoms with E-state index in [9.17, 15) is 4.79 Å². The van der Waals surface area contributed by atoms with Crippen LogP contribution in [-0.2, 0) is 6.54 Å². The van der Waals surface area contributed by atoms with Gasteiger partial charge in [-0.05, 0) is 31.5 Å². The van der Waals surface area contributed by atoms with E-state index in [0.717, 1.165) is 16.8 Å². The first-order chi connectivity index (χ1) is 8.15. The van der Waals surface area contributed by atoms with Crippen LogP contribution in [0.5, 0.6) is 0 Å². The predicted molar refractivity (Wildman–Crippen MR) is 67.2 cm³/mol. The molecule has 0 fully saturated rings. The summed E-state index contributed by atoms with van der Waals surface area (Å²) in [6.07, 6.45) is 0. The highest BCUT2D eigenvalue weighted by Gasteiger charge is 2.14. The average Bonchev–Trinajstić information content (AvgIpc) is 2.73. The molecule has 0 unspecified atom stereocenters. The van der Waals surface area contributed by atoms with Gasteiger partial charge in [-0.25, -0.2) is 4.79 Å². The number of aromatic carboxylic acids is 1. The fraction of sp³-hybridized carbons (Fsp3) is 0.214. The third kappa shape index (κ3) is 1.96. The van der Waals surface area contributed by atoms with Crippen molar-refractivity contribution >= 4 is 5.97 Å². The van der Waals surface area contributed by atoms with Gasteiger partial charge in [0.1, 0.15) is 5.69 Å². The monoisotopic (exact) mass is 229 g/mol. The number of hydrogen-bond acceptors (Lipinski definition) is 1. The Morgan fingerprint density at radius 1 is 1.24 bits per heavy atom. The molecule has 2 rings (SSSR count). The average molecular weight is 229 g/mol. The van der Waals surface area contributed by atoms with E-state index in [-0.39, 0.29) is 0 Å². The van der Waals surface area contributed by atoms with E-state index in [1.807, 2.05) is 48.7 Å². The van der Waals surface area contributed by atoms with Gasteiger partial charge in [0.25, 0.3) is 0 Å². The fourth-order valence-electron chi connectivity index (χ4n) is 2.09. The Kier molecular flexibility index (Phi) is 3.00. The van der Waals surface area contributed by atoms with Crippen molar-refractivity contribution in [2.24, 2.45) is 0 Å². The number of carboxylic acid groups (broad SMARTS) is 1. The van der Waals surface area contributed by atoms with Crippen LogP contribution in [0.3, 0.4) is 0 Å². The Bertz CT molecular complexity index is 555. The second-order valence-corrected chi connectivity index (χ2v) is 3.97. The molecule has 1 N–H and O–H groups in total. The minimum atomic E-state index is -0.883. The van der Waals surface area contributed by atoms with Gasteiger partial charge in [-0.1, -0.05) is 24.3 Å². The molecule has 2 aromatic rings. The minimum Gasteiger partial charge on any atom is -0.477 e. The van der Waals surface area contributed by atoms with Gasteiger partial charge in [0.2, 0.25) is 0 Å². The molecule has 0 radical (unpaired) electrons. The highest BCUT2D eigenvalue weighted by atomic mass is 16.4. The zero-order valence-electron chi connectivity index (χ0n) is 9.97. The highest BCUT2D eigenvalue weighted by Crippen LogP contribution is 2.25. The Morgan fingerprint density at radius 2 is 1.94 bits per heavy atom. The molecule has 88 valence electrons. The van der Waals surface area contributed by atoms with Crippen LogP contribution in [-0.4, -0.2) is 15.6 Å². The van der Waals surface area contributed by atoms with Crippen LogP contribution in [0.2, 0.25) is 0 Å². The summed E-state index contributed by atoms with van der Waals surface area (Å²) in [4.78, 5) is 11.1. The summed E-state index contributed by atoms with van der Waals surface area (Å²) in [5.41, 5.74) is 3.54. The number of rotatable bonds is 3. The zero-order valence-corrected chi connectivity index (χ0v) is 9.97. The number of nitrogens with zero attached hydrogens (tertiary/aromatic N) is 1. The maximum atomic E-state index is 11.1. The van der Waals surface area contributed by atoms with Crippen molar-refractivity contribution in [3.63, 3.8) is 0 Å². The van der Waals surface area contributed by atoms with Gasteiger partial charge in [-0.2, -0.15) is 0 Å². The number of aryl methyl sites for hydroxylation is 1. The minimum absolute atomic E-state index is 0.339. The molecule has 17 heavy (non-hydrogen) atoms. The Hall–Kier alpha value is -2.03. The van der Waals surface area contributed by atoms with Crippen LogP contribution < -0.4 is 0 Å². The van der Waals surface area contributed by atoms with Gasteiger partial charge in [0.05, 0.1) is 0 Å². The van der Waals surface area contributed by atoms with Crippen molar-refractivity contribution in [2.45, 2.75) is 20.4 Å². The number of aromatic nitrogens is 1. The second kappa shape index (κ2) is 4.45. The van der Waals surface area contributed by atoms with Gasteiger partial charge >= 0.3 is 5.97 Å². The molecule has 0 bridgehead atoms. The van der Waals surface area contributed by atoms with E-state index in [0.29, 0.717) is 12.2 Å². The molecule has 0 saturated carbocycles. The summed E-state index contributed by atoms with van der Waals surface area (Å²) < 4.78 is 1.82. The molecule has 0 atom stereocenters. The summed E-state index contributed by atoms with van der Waals surface area (Å²) in [6.45, 7) is 4.63. The predicted octanol–water partition coefficient (Wildman–Crippen LogP) is 3.18. The summed E-state index contributed by atoms with van der Waals surface area (Å²) in [5.74, 6) is -0.883. The lowest BCUT2D eigenvalue weighted by Crippen LogP contribution is -2.08. The maximum absolute atomic E-state index is 11.1. The van der Waals surface area contributed by atoms with E-state index in [1.165, 1.54) is 0 Å². The normalized spacial score (nSPS) is 10.5. The van der Waals surface area contributed by atoms with Gasteiger partial charge in [-0.3, -0.25) is 0 Å². The van der Waals surface area contributed by atoms with Crippen molar-refractivity contribution in [2.75, 3.05) is 0 Å². The molecule has 0 spiro atoms. The number of carbonyl (C=O) groups is 1. The zero-order chi connectivity index (χ0) is 12.4. The first-order valence-corrected chi connectivity index (χ1v) is 5.64. The van der Waals surface area contributed by atoms with Crippen LogP contribution in [0.4, 0.5) is 0 Å². The SMILES string of the molecule is CCn1c(C(=O)O)ccc1-c1ccccc1C. The highest BCUT2D eigenvalue weighted by molar-refractivity contribution is 5.87. The van der Waals surface area contributed by atoms with Gasteiger partial charge in [0.15, 0.2) is 0 Å². The smallest absolute Gasteiger partial charge is 0.352 e. The molecule has 0 saturated heterocycles. The molecule has 0 aliphatic carbocycles. The van der Waals surface area contributed by atoms with E-state index in [2.05, 4.69) is 0 Å². The Balaban J connectivity index is 2.61. The molecule has 0 amide bonds. The molecular formula is C14H15NO2. The standard InChI is InChI=1S/C14H15NO2/c1-3-15-12(8-9-13(15)14(16)17)11-7-5-4-6-10(11)2/h4-9H,3H2,1-2H3,(H,16,17). The first-order valence-electron chi connectivity index (χ1n) is 5.64. The lowest BCUT2D eigenvalue weighted by atomic mass is 10.1. The first kappa shape index (κ1) is 11.5. The van der Waals surface area contributed by atoms with Crippen LogP contribution in [0, 0.1) is 6.92 Å². The van der Waals surface area contributed by atoms with Crippen molar-refractivity contribution < 1.29 is 9.90 Å². The van der Waals surface area contributed by atoms with Crippen molar-refractivity contribution in [1.82, 2.24) is 4.57 Å². The van der Waals surface area contributed by atoms with Crippen molar-refractivity contribution in [3.05, 3.63) is 47.7 Å². The van der Waals surface area contributed by atoms with Crippen molar-refractivity contribution in [3.8, 4) is 11.3 Å². The lowest BCUT2D eigenvalue weighted by Gasteiger charge is -2.11. The second-order valence-electron chi connectivity index (χ2n) is 3.97. The van der Waals surface area contributed by atoms with Crippen molar-refractivity contribution in [1.29, 1.82) is 0 Å². The number of benzene rings is 1. The molecule has 1 aromatic carbocycles. The fourth-order valence-corrected chi connectivity index (χ4v) is 2.09. The summed E-state index contributed by atoms with van der Waals surface area (Å²) in [6, 6.07) is 11.5. The molecule has 3 heteroatoms. The molecule has 1 aromatic heterocycles. The lowest BCUT2D eigenvalue weighted by molar-refractivity contribution is 0.0685. The molecule has 3 nitrogen and oxygen atoms in total. The Morgan fingerprint density at radius 3 is 2.53 bits per heavy atom. The van der Waals surface area contributed by atoms with Gasteiger partial charge in [-0.15, -0.1) is 0 Å². The molecular weight excluding hydrogens is 214 g/mol. The molecule has 1 heterocycles. The Labute approximate surface area is 100 Å². The van der Waals surface area contributed by atoms with Crippen LogP contribution >= 0.6 is 0 Å². The third-order valence-corrected chi connectivity index (χ3v) is 2.94. The summed E-state index contributed by atoms with van der Waals surface area (Å²) in [5, 5.41) is 9.11. The topological polar surface area (TPSA) is 42.2 Å². The molecule has 0 aliphatic heterocycles. The van der Waals surface area contributed by atoms with Crippen LogP contribution in [0.15, 0.2) is 36.4 Å². The van der Waals surface area contributed by atoms with Gasteiger partial charge in [0, 0.05) is 17.8 Å². The van der Waals surface area contributed by atoms with E-state index in [4.69, 9.17) is 5.11 Å². The summed E-state index contributed by atoms with van der Waals surface area (Å²) in [7, 11) is 0. The third-order valence-electron chi connectivity index (χ3n) is 2.94.